The number of hydrogen-bond donors (Lipinski definition) is 1. The Morgan fingerprint density at radius 1 is 1.38 bits per heavy atom. The SMILES string of the molecule is O=C(c1cccc(F)c1)N1CCc2nc([C@H]3CCNC3)ncc2C1. The first-order valence-electron chi connectivity index (χ1n) is 8.31. The predicted molar refractivity (Wildman–Crippen MR) is 87.1 cm³/mol. The van der Waals surface area contributed by atoms with E-state index in [4.69, 9.17) is 4.98 Å². The van der Waals surface area contributed by atoms with Crippen LogP contribution in [0.5, 0.6) is 0 Å². The highest BCUT2D eigenvalue weighted by Crippen LogP contribution is 2.23. The van der Waals surface area contributed by atoms with Crippen molar-refractivity contribution in [2.45, 2.75) is 25.3 Å². The number of rotatable bonds is 2. The van der Waals surface area contributed by atoms with Gasteiger partial charge in [-0.2, -0.15) is 0 Å². The van der Waals surface area contributed by atoms with Gasteiger partial charge < -0.3 is 10.2 Å². The zero-order valence-corrected chi connectivity index (χ0v) is 13.3. The normalized spacial score (nSPS) is 20.0. The molecule has 1 saturated heterocycles. The standard InChI is InChI=1S/C18H19FN4O/c19-15-3-1-2-12(8-15)18(24)23-7-5-16-14(11-23)10-21-17(22-16)13-4-6-20-9-13/h1-3,8,10,13,20H,4-7,9,11H2/t13-/m0/s1. The summed E-state index contributed by atoms with van der Waals surface area (Å²) in [5.41, 5.74) is 2.41. The molecule has 1 amide bonds. The number of carbonyl (C=O) groups excluding carboxylic acids is 1. The molecule has 2 aromatic rings. The molecule has 0 unspecified atom stereocenters. The van der Waals surface area contributed by atoms with Gasteiger partial charge in [-0.1, -0.05) is 6.07 Å². The Balaban J connectivity index is 1.52. The Kier molecular flexibility index (Phi) is 3.98. The number of amides is 1. The molecule has 1 aromatic heterocycles. The van der Waals surface area contributed by atoms with Crippen LogP contribution in [-0.4, -0.2) is 40.4 Å². The summed E-state index contributed by atoms with van der Waals surface area (Å²) in [6.45, 7) is 3.03. The highest BCUT2D eigenvalue weighted by molar-refractivity contribution is 5.94. The van der Waals surface area contributed by atoms with Crippen LogP contribution in [0.15, 0.2) is 30.5 Å². The molecule has 1 fully saturated rings. The molecule has 0 aliphatic carbocycles. The summed E-state index contributed by atoms with van der Waals surface area (Å²) in [5, 5.41) is 3.33. The average molecular weight is 326 g/mol. The van der Waals surface area contributed by atoms with Crippen LogP contribution in [0.3, 0.4) is 0 Å². The van der Waals surface area contributed by atoms with Gasteiger partial charge in [0.25, 0.3) is 5.91 Å². The van der Waals surface area contributed by atoms with E-state index in [1.807, 2.05) is 6.20 Å². The van der Waals surface area contributed by atoms with Crippen molar-refractivity contribution in [2.75, 3.05) is 19.6 Å². The number of nitrogens with one attached hydrogen (secondary N) is 1. The Bertz CT molecular complexity index is 773. The van der Waals surface area contributed by atoms with Gasteiger partial charge in [0.15, 0.2) is 0 Å². The van der Waals surface area contributed by atoms with E-state index in [1.165, 1.54) is 12.1 Å². The molecule has 0 spiro atoms. The molecule has 5 nitrogen and oxygen atoms in total. The van der Waals surface area contributed by atoms with Gasteiger partial charge in [-0.3, -0.25) is 4.79 Å². The molecule has 24 heavy (non-hydrogen) atoms. The first-order valence-corrected chi connectivity index (χ1v) is 8.31. The fourth-order valence-electron chi connectivity index (χ4n) is 3.38. The Morgan fingerprint density at radius 3 is 3.08 bits per heavy atom. The molecular weight excluding hydrogens is 307 g/mol. The van der Waals surface area contributed by atoms with Crippen LogP contribution in [0.4, 0.5) is 4.39 Å². The molecule has 1 N–H and O–H groups in total. The lowest BCUT2D eigenvalue weighted by atomic mass is 10.0. The summed E-state index contributed by atoms with van der Waals surface area (Å²) >= 11 is 0. The van der Waals surface area contributed by atoms with E-state index in [2.05, 4.69) is 10.3 Å². The minimum Gasteiger partial charge on any atom is -0.334 e. The minimum absolute atomic E-state index is 0.149. The average Bonchev–Trinajstić information content (AvgIpc) is 3.15. The maximum Gasteiger partial charge on any atom is 0.254 e. The summed E-state index contributed by atoms with van der Waals surface area (Å²) in [4.78, 5) is 23.5. The number of halogens is 1. The largest absolute Gasteiger partial charge is 0.334 e. The second kappa shape index (κ2) is 6.28. The van der Waals surface area contributed by atoms with Crippen LogP contribution >= 0.6 is 0 Å². The Labute approximate surface area is 139 Å². The third-order valence-corrected chi connectivity index (χ3v) is 4.74. The summed E-state index contributed by atoms with van der Waals surface area (Å²) in [7, 11) is 0. The van der Waals surface area contributed by atoms with Crippen molar-refractivity contribution in [1.29, 1.82) is 0 Å². The van der Waals surface area contributed by atoms with Gasteiger partial charge in [0.05, 0.1) is 5.69 Å². The number of nitrogens with zero attached hydrogens (tertiary/aromatic N) is 3. The summed E-state index contributed by atoms with van der Waals surface area (Å²) in [6, 6.07) is 5.83. The lowest BCUT2D eigenvalue weighted by Gasteiger charge is -2.28. The molecule has 0 bridgehead atoms. The number of carbonyl (C=O) groups is 1. The van der Waals surface area contributed by atoms with Gasteiger partial charge >= 0.3 is 0 Å². The van der Waals surface area contributed by atoms with E-state index in [1.54, 1.807) is 17.0 Å². The van der Waals surface area contributed by atoms with Gasteiger partial charge in [0, 0.05) is 49.3 Å². The Hall–Kier alpha value is -2.34. The van der Waals surface area contributed by atoms with Crippen molar-refractivity contribution in [2.24, 2.45) is 0 Å². The lowest BCUT2D eigenvalue weighted by Crippen LogP contribution is -2.36. The van der Waals surface area contributed by atoms with E-state index < -0.39 is 5.82 Å². The smallest absolute Gasteiger partial charge is 0.254 e. The first kappa shape index (κ1) is 15.2. The van der Waals surface area contributed by atoms with Crippen molar-refractivity contribution in [3.63, 3.8) is 0 Å². The van der Waals surface area contributed by atoms with Crippen LogP contribution in [0.1, 0.15) is 39.8 Å². The summed E-state index contributed by atoms with van der Waals surface area (Å²) < 4.78 is 13.3. The van der Waals surface area contributed by atoms with Gasteiger partial charge in [-0.25, -0.2) is 14.4 Å². The van der Waals surface area contributed by atoms with E-state index in [9.17, 15) is 9.18 Å². The maximum atomic E-state index is 13.3. The van der Waals surface area contributed by atoms with E-state index >= 15 is 0 Å². The number of fused-ring (bicyclic) bond motifs is 1. The molecule has 6 heteroatoms. The molecule has 1 atom stereocenters. The molecule has 1 aromatic carbocycles. The van der Waals surface area contributed by atoms with Gasteiger partial charge in [0.1, 0.15) is 11.6 Å². The van der Waals surface area contributed by atoms with Crippen molar-refractivity contribution in [1.82, 2.24) is 20.2 Å². The third-order valence-electron chi connectivity index (χ3n) is 4.74. The van der Waals surface area contributed by atoms with E-state index in [0.29, 0.717) is 31.0 Å². The Morgan fingerprint density at radius 2 is 2.29 bits per heavy atom. The van der Waals surface area contributed by atoms with Crippen LogP contribution in [-0.2, 0) is 13.0 Å². The molecule has 0 saturated carbocycles. The molecule has 0 radical (unpaired) electrons. The van der Waals surface area contributed by atoms with Crippen LogP contribution in [0.2, 0.25) is 0 Å². The highest BCUT2D eigenvalue weighted by atomic mass is 19.1. The second-order valence-electron chi connectivity index (χ2n) is 6.38. The quantitative estimate of drug-likeness (QED) is 0.916. The van der Waals surface area contributed by atoms with E-state index in [0.717, 1.165) is 36.6 Å². The number of hydrogen-bond acceptors (Lipinski definition) is 4. The fourth-order valence-corrected chi connectivity index (χ4v) is 3.38. The monoisotopic (exact) mass is 326 g/mol. The third kappa shape index (κ3) is 2.89. The van der Waals surface area contributed by atoms with Crippen LogP contribution < -0.4 is 5.32 Å². The van der Waals surface area contributed by atoms with Gasteiger partial charge in [0.2, 0.25) is 0 Å². The zero-order chi connectivity index (χ0) is 16.5. The van der Waals surface area contributed by atoms with Gasteiger partial charge in [-0.15, -0.1) is 0 Å². The van der Waals surface area contributed by atoms with Crippen molar-refractivity contribution in [3.05, 3.63) is 58.9 Å². The molecule has 3 heterocycles. The van der Waals surface area contributed by atoms with Crippen LogP contribution in [0, 0.1) is 5.82 Å². The molecule has 2 aliphatic rings. The molecule has 4 rings (SSSR count). The summed E-state index contributed by atoms with van der Waals surface area (Å²) in [6.07, 6.45) is 3.63. The highest BCUT2D eigenvalue weighted by Gasteiger charge is 2.25. The topological polar surface area (TPSA) is 58.1 Å². The van der Waals surface area contributed by atoms with Gasteiger partial charge in [-0.05, 0) is 31.2 Å². The minimum atomic E-state index is -0.392. The van der Waals surface area contributed by atoms with Crippen molar-refractivity contribution in [3.8, 4) is 0 Å². The maximum absolute atomic E-state index is 13.3. The second-order valence-corrected chi connectivity index (χ2v) is 6.38. The predicted octanol–water partition coefficient (Wildman–Crippen LogP) is 1.89. The fraction of sp³-hybridized carbons (Fsp3) is 0.389. The van der Waals surface area contributed by atoms with Crippen molar-refractivity contribution < 1.29 is 9.18 Å². The molecule has 2 aliphatic heterocycles. The number of aromatic nitrogens is 2. The summed E-state index contributed by atoms with van der Waals surface area (Å²) in [5.74, 6) is 0.756. The lowest BCUT2D eigenvalue weighted by molar-refractivity contribution is 0.0732. The molecular formula is C18H19FN4O. The number of benzene rings is 1. The first-order chi connectivity index (χ1) is 11.7. The molecule has 124 valence electrons. The zero-order valence-electron chi connectivity index (χ0n) is 13.3. The van der Waals surface area contributed by atoms with Crippen molar-refractivity contribution >= 4 is 5.91 Å². The van der Waals surface area contributed by atoms with Crippen LogP contribution in [0.25, 0.3) is 0 Å². The van der Waals surface area contributed by atoms with E-state index in [-0.39, 0.29) is 5.91 Å².